The number of nitrogens with one attached hydrogen (secondary N) is 1. The highest BCUT2D eigenvalue weighted by atomic mass is 127. The van der Waals surface area contributed by atoms with Gasteiger partial charge in [-0.15, -0.1) is 35.3 Å². The molecule has 142 valence electrons. The van der Waals surface area contributed by atoms with Crippen molar-refractivity contribution in [2.24, 2.45) is 10.7 Å². The molecule has 0 unspecified atom stereocenters. The monoisotopic (exact) mass is 498 g/mol. The van der Waals surface area contributed by atoms with Gasteiger partial charge in [-0.1, -0.05) is 12.1 Å². The number of ether oxygens (including phenoxy) is 1. The van der Waals surface area contributed by atoms with Crippen molar-refractivity contribution in [3.63, 3.8) is 0 Å². The first kappa shape index (κ1) is 21.1. The number of nitrogens with zero attached hydrogens (tertiary/aromatic N) is 2. The fourth-order valence-electron chi connectivity index (χ4n) is 2.19. The van der Waals surface area contributed by atoms with E-state index in [1.54, 1.807) is 35.7 Å². The van der Waals surface area contributed by atoms with Crippen molar-refractivity contribution in [3.8, 4) is 11.6 Å². The van der Waals surface area contributed by atoms with Gasteiger partial charge in [-0.05, 0) is 47.7 Å². The fourth-order valence-corrected chi connectivity index (χ4v) is 2.90. The lowest BCUT2D eigenvalue weighted by Crippen LogP contribution is -2.33. The molecule has 0 amide bonds. The second-order valence-electron chi connectivity index (χ2n) is 5.52. The van der Waals surface area contributed by atoms with Crippen molar-refractivity contribution < 1.29 is 9.13 Å². The van der Waals surface area contributed by atoms with E-state index in [0.29, 0.717) is 24.1 Å². The van der Waals surface area contributed by atoms with Crippen LogP contribution in [0.2, 0.25) is 0 Å². The summed E-state index contributed by atoms with van der Waals surface area (Å²) in [6, 6.07) is 13.5. The van der Waals surface area contributed by atoms with Gasteiger partial charge >= 0.3 is 0 Å². The Morgan fingerprint density at radius 2 is 2.00 bits per heavy atom. The molecule has 0 aliphatic carbocycles. The van der Waals surface area contributed by atoms with Gasteiger partial charge in [-0.25, -0.2) is 14.4 Å². The largest absolute Gasteiger partial charge is 0.439 e. The van der Waals surface area contributed by atoms with E-state index >= 15 is 0 Å². The van der Waals surface area contributed by atoms with E-state index in [-0.39, 0.29) is 29.8 Å². The number of pyridine rings is 1. The minimum atomic E-state index is -0.305. The normalized spacial score (nSPS) is 10.9. The number of hydrogen-bond acceptors (Lipinski definition) is 4. The number of thiophene rings is 1. The summed E-state index contributed by atoms with van der Waals surface area (Å²) in [5, 5.41) is 5.16. The van der Waals surface area contributed by atoms with Crippen molar-refractivity contribution in [1.29, 1.82) is 0 Å². The molecule has 0 atom stereocenters. The van der Waals surface area contributed by atoms with Gasteiger partial charge < -0.3 is 15.8 Å². The molecular formula is C19H20FIN4OS. The van der Waals surface area contributed by atoms with Crippen LogP contribution in [0.5, 0.6) is 11.6 Å². The fraction of sp³-hybridized carbons (Fsp3) is 0.158. The Kier molecular flexibility index (Phi) is 8.46. The van der Waals surface area contributed by atoms with E-state index in [2.05, 4.69) is 26.7 Å². The van der Waals surface area contributed by atoms with Gasteiger partial charge in [0.2, 0.25) is 5.88 Å². The summed E-state index contributed by atoms with van der Waals surface area (Å²) in [5.74, 6) is 1.07. The van der Waals surface area contributed by atoms with E-state index in [9.17, 15) is 4.39 Å². The van der Waals surface area contributed by atoms with Crippen LogP contribution < -0.4 is 15.8 Å². The van der Waals surface area contributed by atoms with Gasteiger partial charge in [0.1, 0.15) is 11.6 Å². The van der Waals surface area contributed by atoms with Crippen LogP contribution in [0.1, 0.15) is 10.4 Å². The van der Waals surface area contributed by atoms with Crippen LogP contribution in [0.3, 0.4) is 0 Å². The number of nitrogens with two attached hydrogens (primary N) is 1. The highest BCUT2D eigenvalue weighted by Gasteiger charge is 2.01. The van der Waals surface area contributed by atoms with Crippen molar-refractivity contribution in [3.05, 3.63) is 76.4 Å². The maximum atomic E-state index is 12.9. The first-order valence-electron chi connectivity index (χ1n) is 8.13. The molecule has 0 saturated heterocycles. The molecule has 0 bridgehead atoms. The summed E-state index contributed by atoms with van der Waals surface area (Å²) in [6.07, 6.45) is 2.60. The highest BCUT2D eigenvalue weighted by molar-refractivity contribution is 14.0. The van der Waals surface area contributed by atoms with E-state index < -0.39 is 0 Å². The van der Waals surface area contributed by atoms with E-state index in [0.717, 1.165) is 18.5 Å². The van der Waals surface area contributed by atoms with Gasteiger partial charge in [-0.2, -0.15) is 0 Å². The molecule has 1 aromatic carbocycles. The molecule has 27 heavy (non-hydrogen) atoms. The molecule has 0 aliphatic rings. The maximum absolute atomic E-state index is 12.9. The Hall–Kier alpha value is -2.20. The number of guanidine groups is 1. The lowest BCUT2D eigenvalue weighted by atomic mass is 10.3. The average Bonchev–Trinajstić information content (AvgIpc) is 3.16. The maximum Gasteiger partial charge on any atom is 0.219 e. The van der Waals surface area contributed by atoms with Crippen molar-refractivity contribution in [2.75, 3.05) is 6.54 Å². The van der Waals surface area contributed by atoms with Crippen LogP contribution in [-0.2, 0) is 13.0 Å². The molecule has 3 N–H and O–H groups in total. The first-order valence-corrected chi connectivity index (χ1v) is 9.01. The highest BCUT2D eigenvalue weighted by Crippen LogP contribution is 2.19. The second kappa shape index (κ2) is 10.8. The van der Waals surface area contributed by atoms with Crippen LogP contribution in [-0.4, -0.2) is 17.5 Å². The van der Waals surface area contributed by atoms with Crippen LogP contribution >= 0.6 is 35.3 Å². The van der Waals surface area contributed by atoms with Crippen LogP contribution in [0.15, 0.2) is 65.1 Å². The summed E-state index contributed by atoms with van der Waals surface area (Å²) < 4.78 is 18.4. The third kappa shape index (κ3) is 7.14. The number of benzene rings is 1. The Bertz CT molecular complexity index is 839. The average molecular weight is 498 g/mol. The van der Waals surface area contributed by atoms with E-state index in [1.165, 1.54) is 17.0 Å². The van der Waals surface area contributed by atoms with Gasteiger partial charge in [0.05, 0.1) is 6.54 Å². The lowest BCUT2D eigenvalue weighted by Gasteiger charge is -2.06. The third-order valence-corrected chi connectivity index (χ3v) is 4.46. The zero-order chi connectivity index (χ0) is 18.2. The number of halogens is 2. The number of rotatable bonds is 7. The second-order valence-corrected chi connectivity index (χ2v) is 6.55. The third-order valence-electron chi connectivity index (χ3n) is 3.52. The molecule has 2 aromatic heterocycles. The van der Waals surface area contributed by atoms with Crippen LogP contribution in [0.4, 0.5) is 4.39 Å². The number of hydrogen-bond donors (Lipinski definition) is 2. The number of aliphatic imine (C=N–C) groups is 1. The minimum absolute atomic E-state index is 0. The topological polar surface area (TPSA) is 72.5 Å². The number of aromatic nitrogens is 1. The standard InChI is InChI=1S/C19H19FN4OS.HI/c20-15-4-6-16(7-5-15)25-18-8-3-14(12-23-18)13-24-19(21)22-10-9-17-2-1-11-26-17;/h1-8,11-12H,9-10,13H2,(H3,21,22,24);1H. The minimum Gasteiger partial charge on any atom is -0.439 e. The Morgan fingerprint density at radius 3 is 2.67 bits per heavy atom. The lowest BCUT2D eigenvalue weighted by molar-refractivity contribution is 0.461. The van der Waals surface area contributed by atoms with Crippen molar-refractivity contribution in [1.82, 2.24) is 10.3 Å². The summed E-state index contributed by atoms with van der Waals surface area (Å²) in [6.45, 7) is 1.18. The predicted molar refractivity (Wildman–Crippen MR) is 117 cm³/mol. The molecule has 0 radical (unpaired) electrons. The Labute approximate surface area is 178 Å². The van der Waals surface area contributed by atoms with Gasteiger partial charge in [0, 0.05) is 23.7 Å². The molecule has 2 heterocycles. The molecule has 3 aromatic rings. The van der Waals surface area contributed by atoms with Crippen LogP contribution in [0.25, 0.3) is 0 Å². The summed E-state index contributed by atoms with van der Waals surface area (Å²) in [5.41, 5.74) is 6.79. The van der Waals surface area contributed by atoms with Crippen molar-refractivity contribution in [2.45, 2.75) is 13.0 Å². The van der Waals surface area contributed by atoms with E-state index in [4.69, 9.17) is 10.5 Å². The first-order chi connectivity index (χ1) is 12.7. The summed E-state index contributed by atoms with van der Waals surface area (Å²) >= 11 is 1.73. The molecular weight excluding hydrogens is 478 g/mol. The quantitative estimate of drug-likeness (QED) is 0.289. The Balaban J connectivity index is 0.00000261. The molecule has 0 fully saturated rings. The summed E-state index contributed by atoms with van der Waals surface area (Å²) in [7, 11) is 0. The summed E-state index contributed by atoms with van der Waals surface area (Å²) in [4.78, 5) is 9.84. The van der Waals surface area contributed by atoms with Gasteiger partial charge in [0.25, 0.3) is 0 Å². The predicted octanol–water partition coefficient (Wildman–Crippen LogP) is 4.34. The Morgan fingerprint density at radius 1 is 1.19 bits per heavy atom. The zero-order valence-corrected chi connectivity index (χ0v) is 17.6. The molecule has 3 rings (SSSR count). The molecule has 8 heteroatoms. The van der Waals surface area contributed by atoms with Gasteiger partial charge in [0.15, 0.2) is 5.96 Å². The van der Waals surface area contributed by atoms with E-state index in [1.807, 2.05) is 12.1 Å². The van der Waals surface area contributed by atoms with Crippen molar-refractivity contribution >= 4 is 41.3 Å². The van der Waals surface area contributed by atoms with Gasteiger partial charge in [-0.3, -0.25) is 0 Å². The SMILES string of the molecule is I.NC(=NCc1ccc(Oc2ccc(F)cc2)nc1)NCCc1cccs1. The molecule has 0 saturated carbocycles. The van der Waals surface area contributed by atoms with Crippen LogP contribution in [0, 0.1) is 5.82 Å². The smallest absolute Gasteiger partial charge is 0.219 e. The zero-order valence-electron chi connectivity index (χ0n) is 14.5. The molecule has 0 aliphatic heterocycles. The molecule has 5 nitrogen and oxygen atoms in total. The molecule has 0 spiro atoms.